The first-order valence-electron chi connectivity index (χ1n) is 9.12. The van der Waals surface area contributed by atoms with Gasteiger partial charge in [-0.2, -0.15) is 0 Å². The molecule has 0 saturated carbocycles. The van der Waals surface area contributed by atoms with Crippen LogP contribution in [-0.2, 0) is 16.4 Å². The standard InChI is InChI=1S/C20H30N2O2S/c1-15(2)5-6-21-7-8-22(20-14-25(23,24)13-19(20)21)12-18-10-16(3)9-17(4)11-18/h5,9-11,19-20H,6-8,12-14H2,1-4H3/t19-,20+/m0/s1. The summed E-state index contributed by atoms with van der Waals surface area (Å²) in [5.41, 5.74) is 5.12. The topological polar surface area (TPSA) is 40.6 Å². The van der Waals surface area contributed by atoms with Crippen molar-refractivity contribution in [2.24, 2.45) is 0 Å². The van der Waals surface area contributed by atoms with Crippen LogP contribution in [0.4, 0.5) is 0 Å². The monoisotopic (exact) mass is 362 g/mol. The van der Waals surface area contributed by atoms with Gasteiger partial charge in [0.05, 0.1) is 11.5 Å². The summed E-state index contributed by atoms with van der Waals surface area (Å²) in [6.45, 7) is 12.0. The molecule has 3 rings (SSSR count). The lowest BCUT2D eigenvalue weighted by atomic mass is 10.0. The lowest BCUT2D eigenvalue weighted by Crippen LogP contribution is -2.58. The Hall–Kier alpha value is -1.17. The Kier molecular flexibility index (Phi) is 5.37. The van der Waals surface area contributed by atoms with E-state index in [1.165, 1.54) is 22.3 Å². The predicted molar refractivity (Wildman–Crippen MR) is 104 cm³/mol. The molecule has 0 aromatic heterocycles. The van der Waals surface area contributed by atoms with Crippen molar-refractivity contribution in [2.75, 3.05) is 31.1 Å². The van der Waals surface area contributed by atoms with Gasteiger partial charge in [0, 0.05) is 38.3 Å². The Labute approximate surface area is 152 Å². The van der Waals surface area contributed by atoms with Gasteiger partial charge in [-0.25, -0.2) is 8.42 Å². The van der Waals surface area contributed by atoms with Gasteiger partial charge in [-0.3, -0.25) is 9.80 Å². The number of hydrogen-bond acceptors (Lipinski definition) is 4. The highest BCUT2D eigenvalue weighted by molar-refractivity contribution is 7.91. The summed E-state index contributed by atoms with van der Waals surface area (Å²) >= 11 is 0. The largest absolute Gasteiger partial charge is 0.293 e. The molecule has 2 atom stereocenters. The van der Waals surface area contributed by atoms with Crippen molar-refractivity contribution < 1.29 is 8.42 Å². The molecule has 4 nitrogen and oxygen atoms in total. The minimum Gasteiger partial charge on any atom is -0.293 e. The van der Waals surface area contributed by atoms with Crippen LogP contribution in [0, 0.1) is 13.8 Å². The Morgan fingerprint density at radius 1 is 1.04 bits per heavy atom. The highest BCUT2D eigenvalue weighted by Gasteiger charge is 2.46. The summed E-state index contributed by atoms with van der Waals surface area (Å²) < 4.78 is 24.6. The van der Waals surface area contributed by atoms with Gasteiger partial charge in [0.2, 0.25) is 0 Å². The first-order valence-corrected chi connectivity index (χ1v) is 10.9. The molecular weight excluding hydrogens is 332 g/mol. The number of nitrogens with zero attached hydrogens (tertiary/aromatic N) is 2. The van der Waals surface area contributed by atoms with Crippen LogP contribution in [0.3, 0.4) is 0 Å². The summed E-state index contributed by atoms with van der Waals surface area (Å²) in [7, 11) is -2.95. The van der Waals surface area contributed by atoms with Crippen molar-refractivity contribution in [1.82, 2.24) is 9.80 Å². The van der Waals surface area contributed by atoms with Crippen LogP contribution in [0.5, 0.6) is 0 Å². The minimum absolute atomic E-state index is 0.116. The second-order valence-electron chi connectivity index (χ2n) is 7.95. The third-order valence-electron chi connectivity index (χ3n) is 5.31. The Bertz CT molecular complexity index is 746. The molecule has 5 heteroatoms. The van der Waals surface area contributed by atoms with Crippen LogP contribution in [0.15, 0.2) is 29.8 Å². The highest BCUT2D eigenvalue weighted by atomic mass is 32.2. The number of benzene rings is 1. The zero-order valence-corrected chi connectivity index (χ0v) is 16.6. The van der Waals surface area contributed by atoms with Gasteiger partial charge in [0.1, 0.15) is 0 Å². The first kappa shape index (κ1) is 18.6. The lowest BCUT2D eigenvalue weighted by Gasteiger charge is -2.43. The molecule has 0 unspecified atom stereocenters. The van der Waals surface area contributed by atoms with Crippen LogP contribution in [0.2, 0.25) is 0 Å². The molecule has 0 aliphatic carbocycles. The van der Waals surface area contributed by atoms with E-state index in [2.05, 4.69) is 61.8 Å². The van der Waals surface area contributed by atoms with Crippen molar-refractivity contribution in [1.29, 1.82) is 0 Å². The Balaban J connectivity index is 1.79. The van der Waals surface area contributed by atoms with E-state index in [0.717, 1.165) is 26.2 Å². The SMILES string of the molecule is CC(C)=CCN1CCN(Cc2cc(C)cc(C)c2)[C@@H]2CS(=O)(=O)C[C@@H]21. The zero-order valence-electron chi connectivity index (χ0n) is 15.8. The second-order valence-corrected chi connectivity index (χ2v) is 10.1. The Morgan fingerprint density at radius 3 is 2.20 bits per heavy atom. The molecular formula is C20H30N2O2S. The predicted octanol–water partition coefficient (Wildman–Crippen LogP) is 2.55. The number of allylic oxidation sites excluding steroid dienone is 1. The van der Waals surface area contributed by atoms with Crippen molar-refractivity contribution in [3.63, 3.8) is 0 Å². The molecule has 25 heavy (non-hydrogen) atoms. The van der Waals surface area contributed by atoms with Crippen molar-refractivity contribution in [3.8, 4) is 0 Å². The maximum Gasteiger partial charge on any atom is 0.153 e. The summed E-state index contributed by atoms with van der Waals surface area (Å²) in [4.78, 5) is 4.75. The fourth-order valence-electron chi connectivity index (χ4n) is 4.21. The number of sulfone groups is 1. The molecule has 0 spiro atoms. The maximum atomic E-state index is 12.3. The van der Waals surface area contributed by atoms with Crippen LogP contribution in [-0.4, -0.2) is 61.4 Å². The van der Waals surface area contributed by atoms with Crippen LogP contribution in [0.1, 0.15) is 30.5 Å². The molecule has 2 fully saturated rings. The highest BCUT2D eigenvalue weighted by Crippen LogP contribution is 2.28. The van der Waals surface area contributed by atoms with E-state index in [1.54, 1.807) is 0 Å². The van der Waals surface area contributed by atoms with E-state index < -0.39 is 9.84 Å². The number of rotatable bonds is 4. The van der Waals surface area contributed by atoms with Gasteiger partial charge in [-0.05, 0) is 33.3 Å². The number of piperazine rings is 1. The average molecular weight is 363 g/mol. The second kappa shape index (κ2) is 7.22. The summed E-state index contributed by atoms with van der Waals surface area (Å²) in [5, 5.41) is 0. The summed E-state index contributed by atoms with van der Waals surface area (Å²) in [6.07, 6.45) is 2.21. The lowest BCUT2D eigenvalue weighted by molar-refractivity contribution is 0.0478. The van der Waals surface area contributed by atoms with E-state index in [1.807, 2.05) is 0 Å². The van der Waals surface area contributed by atoms with Gasteiger partial charge in [-0.1, -0.05) is 41.0 Å². The molecule has 2 aliphatic heterocycles. The number of aryl methyl sites for hydroxylation is 2. The quantitative estimate of drug-likeness (QED) is 0.772. The summed E-state index contributed by atoms with van der Waals surface area (Å²) in [5.74, 6) is 0.603. The van der Waals surface area contributed by atoms with Crippen LogP contribution < -0.4 is 0 Å². The smallest absolute Gasteiger partial charge is 0.153 e. The van der Waals surface area contributed by atoms with E-state index in [-0.39, 0.29) is 12.1 Å². The minimum atomic E-state index is -2.95. The zero-order chi connectivity index (χ0) is 18.2. The summed E-state index contributed by atoms with van der Waals surface area (Å²) in [6, 6.07) is 6.87. The molecule has 0 bridgehead atoms. The van der Waals surface area contributed by atoms with Gasteiger partial charge in [-0.15, -0.1) is 0 Å². The van der Waals surface area contributed by atoms with Crippen molar-refractivity contribution in [2.45, 2.75) is 46.3 Å². The molecule has 0 N–H and O–H groups in total. The van der Waals surface area contributed by atoms with Crippen LogP contribution >= 0.6 is 0 Å². The van der Waals surface area contributed by atoms with E-state index in [0.29, 0.717) is 11.5 Å². The van der Waals surface area contributed by atoms with E-state index in [9.17, 15) is 8.42 Å². The van der Waals surface area contributed by atoms with Gasteiger partial charge in [0.15, 0.2) is 9.84 Å². The Morgan fingerprint density at radius 2 is 1.60 bits per heavy atom. The molecule has 138 valence electrons. The molecule has 1 aromatic rings. The fraction of sp³-hybridized carbons (Fsp3) is 0.600. The van der Waals surface area contributed by atoms with Crippen LogP contribution in [0.25, 0.3) is 0 Å². The molecule has 2 heterocycles. The average Bonchev–Trinajstić information content (AvgIpc) is 2.81. The third kappa shape index (κ3) is 4.52. The molecule has 2 aliphatic rings. The van der Waals surface area contributed by atoms with Gasteiger partial charge >= 0.3 is 0 Å². The van der Waals surface area contributed by atoms with Gasteiger partial charge in [0.25, 0.3) is 0 Å². The first-order chi connectivity index (χ1) is 11.7. The van der Waals surface area contributed by atoms with Gasteiger partial charge < -0.3 is 0 Å². The van der Waals surface area contributed by atoms with Crippen molar-refractivity contribution in [3.05, 3.63) is 46.5 Å². The van der Waals surface area contributed by atoms with E-state index >= 15 is 0 Å². The molecule has 0 radical (unpaired) electrons. The number of hydrogen-bond donors (Lipinski definition) is 0. The number of fused-ring (bicyclic) bond motifs is 1. The molecule has 1 aromatic carbocycles. The van der Waals surface area contributed by atoms with Crippen molar-refractivity contribution >= 4 is 9.84 Å². The normalized spacial score (nSPS) is 26.4. The molecule has 0 amide bonds. The maximum absolute atomic E-state index is 12.3. The third-order valence-corrected chi connectivity index (χ3v) is 7.01. The molecule has 2 saturated heterocycles. The van der Waals surface area contributed by atoms with E-state index in [4.69, 9.17) is 0 Å². The fourth-order valence-corrected chi connectivity index (χ4v) is 6.26.